The Morgan fingerprint density at radius 3 is 2.50 bits per heavy atom. The lowest BCUT2D eigenvalue weighted by Crippen LogP contribution is -2.17. The number of aryl methyl sites for hydroxylation is 1. The summed E-state index contributed by atoms with van der Waals surface area (Å²) in [6.07, 6.45) is 4.12. The molecule has 0 fully saturated rings. The highest BCUT2D eigenvalue weighted by Gasteiger charge is 2.19. The Morgan fingerprint density at radius 1 is 1.19 bits per heavy atom. The van der Waals surface area contributed by atoms with Gasteiger partial charge in [0.25, 0.3) is 0 Å². The van der Waals surface area contributed by atoms with Crippen molar-refractivity contribution in [2.75, 3.05) is 17.8 Å². The first kappa shape index (κ1) is 20.2. The van der Waals surface area contributed by atoms with Crippen LogP contribution in [0.15, 0.2) is 46.5 Å². The van der Waals surface area contributed by atoms with Crippen molar-refractivity contribution in [1.82, 2.24) is 0 Å². The molecule has 10 heteroatoms. The lowest BCUT2D eigenvalue weighted by Gasteiger charge is -2.06. The molecule has 0 atom stereocenters. The van der Waals surface area contributed by atoms with Crippen LogP contribution in [0.2, 0.25) is 0 Å². The van der Waals surface area contributed by atoms with Crippen LogP contribution < -0.4 is 0 Å². The predicted octanol–water partition coefficient (Wildman–Crippen LogP) is 2.24. The van der Waals surface area contributed by atoms with Crippen molar-refractivity contribution in [3.8, 4) is 6.07 Å². The summed E-state index contributed by atoms with van der Waals surface area (Å²) in [5.74, 6) is -1.22. The molecule has 0 radical (unpaired) electrons. The summed E-state index contributed by atoms with van der Waals surface area (Å²) in [5, 5.41) is 13.3. The lowest BCUT2D eigenvalue weighted by molar-refractivity contribution is 0.341. The number of benzene rings is 1. The van der Waals surface area contributed by atoms with Crippen LogP contribution in [0.5, 0.6) is 0 Å². The number of oxime groups is 1. The Morgan fingerprint density at radius 2 is 1.88 bits per heavy atom. The maximum Gasteiger partial charge on any atom is 0.329 e. The van der Waals surface area contributed by atoms with Gasteiger partial charge < -0.3 is 0 Å². The van der Waals surface area contributed by atoms with Crippen LogP contribution in [0.4, 0.5) is 0 Å². The van der Waals surface area contributed by atoms with Crippen molar-refractivity contribution in [3.63, 3.8) is 0 Å². The van der Waals surface area contributed by atoms with E-state index < -0.39 is 31.5 Å². The second kappa shape index (κ2) is 8.07. The maximum atomic E-state index is 11.7. The highest BCUT2D eigenvalue weighted by Crippen LogP contribution is 2.34. The third-order valence-electron chi connectivity index (χ3n) is 3.31. The number of hydrogen-bond donors (Lipinski definition) is 0. The molecule has 1 heterocycles. The van der Waals surface area contributed by atoms with Gasteiger partial charge in [-0.2, -0.15) is 13.7 Å². The quantitative estimate of drug-likeness (QED) is 0.520. The van der Waals surface area contributed by atoms with Crippen molar-refractivity contribution in [2.45, 2.75) is 6.92 Å². The fraction of sp³-hybridized carbons (Fsp3) is 0.250. The summed E-state index contributed by atoms with van der Waals surface area (Å²) >= 11 is 1.10. The normalized spacial score (nSPS) is 18.0. The number of allylic oxidation sites excluding steroid dienone is 2. The van der Waals surface area contributed by atoms with Gasteiger partial charge in [0, 0.05) is 11.2 Å². The molecular formula is C16H16N2O5S3. The molecule has 0 saturated heterocycles. The molecule has 1 aliphatic heterocycles. The van der Waals surface area contributed by atoms with E-state index >= 15 is 0 Å². The van der Waals surface area contributed by atoms with Gasteiger partial charge in [-0.3, -0.25) is 4.28 Å². The fourth-order valence-electron chi connectivity index (χ4n) is 2.00. The van der Waals surface area contributed by atoms with Crippen molar-refractivity contribution >= 4 is 42.3 Å². The number of nitrogens with zero attached hydrogens (tertiary/aromatic N) is 2. The van der Waals surface area contributed by atoms with Crippen molar-refractivity contribution in [2.24, 2.45) is 5.16 Å². The van der Waals surface area contributed by atoms with Gasteiger partial charge in [-0.05, 0) is 30.2 Å². The van der Waals surface area contributed by atoms with Crippen molar-refractivity contribution < 1.29 is 21.1 Å². The standard InChI is InChI=1S/C16H16N2O5S3/c1-12-5-3-4-6-13(12)14(11-17)15-7-8-16(24-15)18-23-26(21,22)10-9-25(2,19)20/h3-8H,9-10H2,1-2H3/b15-14+,18-16?. The Balaban J connectivity index is 2.15. The van der Waals surface area contributed by atoms with Gasteiger partial charge in [0.05, 0.1) is 11.3 Å². The van der Waals surface area contributed by atoms with E-state index in [0.717, 1.165) is 29.1 Å². The molecule has 0 unspecified atom stereocenters. The molecule has 138 valence electrons. The Bertz CT molecular complexity index is 1050. The third-order valence-corrected chi connectivity index (χ3v) is 6.50. The molecule has 0 spiro atoms. The number of rotatable bonds is 6. The molecule has 1 aromatic rings. The van der Waals surface area contributed by atoms with Crippen LogP contribution in [0.3, 0.4) is 0 Å². The van der Waals surface area contributed by atoms with Crippen molar-refractivity contribution in [1.29, 1.82) is 5.26 Å². The summed E-state index contributed by atoms with van der Waals surface area (Å²) < 4.78 is 50.0. The topological polar surface area (TPSA) is 114 Å². The van der Waals surface area contributed by atoms with E-state index in [2.05, 4.69) is 15.5 Å². The number of hydrogen-bond acceptors (Lipinski definition) is 8. The zero-order valence-electron chi connectivity index (χ0n) is 14.0. The average Bonchev–Trinajstić information content (AvgIpc) is 3.02. The molecule has 0 N–H and O–H groups in total. The summed E-state index contributed by atoms with van der Waals surface area (Å²) in [6, 6.07) is 9.58. The van der Waals surface area contributed by atoms with Crippen LogP contribution in [-0.4, -0.2) is 39.6 Å². The highest BCUT2D eigenvalue weighted by atomic mass is 32.2. The molecule has 26 heavy (non-hydrogen) atoms. The highest BCUT2D eigenvalue weighted by molar-refractivity contribution is 8.18. The molecule has 1 aromatic carbocycles. The minimum atomic E-state index is -4.10. The Hall–Kier alpha value is -2.09. The van der Waals surface area contributed by atoms with Crippen molar-refractivity contribution in [3.05, 3.63) is 52.4 Å². The second-order valence-corrected chi connectivity index (χ2v) is 10.5. The predicted molar refractivity (Wildman–Crippen MR) is 102 cm³/mol. The number of thioether (sulfide) groups is 1. The minimum absolute atomic E-state index is 0.254. The van der Waals surface area contributed by atoms with Gasteiger partial charge in [-0.15, -0.1) is 0 Å². The maximum absolute atomic E-state index is 11.7. The van der Waals surface area contributed by atoms with Crippen LogP contribution in [0.1, 0.15) is 11.1 Å². The van der Waals surface area contributed by atoms with Crippen LogP contribution in [0, 0.1) is 18.3 Å². The van der Waals surface area contributed by atoms with Gasteiger partial charge in [0.1, 0.15) is 26.7 Å². The summed E-state index contributed by atoms with van der Waals surface area (Å²) in [5.41, 5.74) is 2.18. The number of sulfone groups is 1. The van der Waals surface area contributed by atoms with E-state index in [0.29, 0.717) is 10.5 Å². The summed E-state index contributed by atoms with van der Waals surface area (Å²) in [7, 11) is -7.52. The summed E-state index contributed by atoms with van der Waals surface area (Å²) in [4.78, 5) is 0.623. The van der Waals surface area contributed by atoms with Gasteiger partial charge in [0.15, 0.2) is 0 Å². The lowest BCUT2D eigenvalue weighted by atomic mass is 10.0. The Kier molecular flexibility index (Phi) is 6.28. The van der Waals surface area contributed by atoms with Crippen LogP contribution in [-0.2, 0) is 24.2 Å². The molecule has 1 aliphatic rings. The minimum Gasteiger partial charge on any atom is -0.267 e. The first-order valence-corrected chi connectivity index (χ1v) is 11.8. The molecule has 0 saturated carbocycles. The van der Waals surface area contributed by atoms with Crippen LogP contribution in [0.25, 0.3) is 5.57 Å². The van der Waals surface area contributed by atoms with Gasteiger partial charge >= 0.3 is 10.1 Å². The van der Waals surface area contributed by atoms with Gasteiger partial charge in [0.2, 0.25) is 0 Å². The Labute approximate surface area is 157 Å². The first-order chi connectivity index (χ1) is 12.1. The van der Waals surface area contributed by atoms with E-state index in [9.17, 15) is 22.1 Å². The monoisotopic (exact) mass is 412 g/mol. The van der Waals surface area contributed by atoms with E-state index in [1.807, 2.05) is 31.2 Å². The zero-order chi connectivity index (χ0) is 19.4. The first-order valence-electron chi connectivity index (χ1n) is 7.35. The molecule has 0 amide bonds. The second-order valence-electron chi connectivity index (χ2n) is 5.50. The number of nitriles is 1. The molecule has 0 aliphatic carbocycles. The molecule has 0 bridgehead atoms. The molecule has 7 nitrogen and oxygen atoms in total. The fourth-order valence-corrected chi connectivity index (χ4v) is 5.17. The smallest absolute Gasteiger partial charge is 0.267 e. The SMILES string of the molecule is Cc1ccccc1/C(C#N)=C1\C=CC(=NOS(=O)(=O)CCS(C)(=O)=O)S1. The van der Waals surface area contributed by atoms with Gasteiger partial charge in [-0.1, -0.05) is 41.2 Å². The van der Waals surface area contributed by atoms with E-state index in [4.69, 9.17) is 0 Å². The molecule has 0 aromatic heterocycles. The molecule has 2 rings (SSSR count). The van der Waals surface area contributed by atoms with Crippen LogP contribution >= 0.6 is 11.8 Å². The van der Waals surface area contributed by atoms with E-state index in [1.54, 1.807) is 6.08 Å². The summed E-state index contributed by atoms with van der Waals surface area (Å²) in [6.45, 7) is 1.89. The largest absolute Gasteiger partial charge is 0.329 e. The zero-order valence-corrected chi connectivity index (χ0v) is 16.5. The third kappa shape index (κ3) is 5.72. The van der Waals surface area contributed by atoms with E-state index in [-0.39, 0.29) is 5.04 Å². The van der Waals surface area contributed by atoms with Gasteiger partial charge in [-0.25, -0.2) is 8.42 Å². The molecular weight excluding hydrogens is 396 g/mol. The van der Waals surface area contributed by atoms with E-state index in [1.165, 1.54) is 6.08 Å². The average molecular weight is 413 g/mol.